The van der Waals surface area contributed by atoms with E-state index in [1.807, 2.05) is 0 Å². The monoisotopic (exact) mass is 362 g/mol. The van der Waals surface area contributed by atoms with E-state index in [-0.39, 0.29) is 25.0 Å². The highest BCUT2D eigenvalue weighted by Crippen LogP contribution is 2.41. The van der Waals surface area contributed by atoms with Gasteiger partial charge >= 0.3 is 5.97 Å². The van der Waals surface area contributed by atoms with Crippen LogP contribution in [0, 0.1) is 18.8 Å². The van der Waals surface area contributed by atoms with E-state index in [2.05, 4.69) is 32.9 Å². The van der Waals surface area contributed by atoms with Gasteiger partial charge in [-0.2, -0.15) is 0 Å². The number of carbonyl (C=O) groups is 2. The molecule has 1 aromatic rings. The van der Waals surface area contributed by atoms with Gasteiger partial charge in [0.1, 0.15) is 5.78 Å². The van der Waals surface area contributed by atoms with E-state index in [0.717, 1.165) is 29.5 Å². The van der Waals surface area contributed by atoms with E-state index in [1.54, 1.807) is 0 Å². The number of hydrogen-bond donors (Lipinski definition) is 2. The standard InChI is InChI=1S/C21H30O5/c1-5-14-7-13(3)8-15(6-2)16(14)9-19(23)17-10-21(25,12-22)11-18(17)20(24)26-4/h7-8,17-18,22,25H,5-6,9-12H2,1-4H3/t17-,18-,21?/m0/s1. The fourth-order valence-electron chi connectivity index (χ4n) is 4.19. The number of aliphatic hydroxyl groups is 2. The number of aliphatic hydroxyl groups excluding tert-OH is 1. The van der Waals surface area contributed by atoms with Crippen LogP contribution in [0.3, 0.4) is 0 Å². The fourth-order valence-corrected chi connectivity index (χ4v) is 4.19. The summed E-state index contributed by atoms with van der Waals surface area (Å²) in [6.07, 6.45) is 2.07. The number of ether oxygens (including phenoxy) is 1. The summed E-state index contributed by atoms with van der Waals surface area (Å²) in [6, 6.07) is 4.22. The van der Waals surface area contributed by atoms with Crippen molar-refractivity contribution in [2.75, 3.05) is 13.7 Å². The summed E-state index contributed by atoms with van der Waals surface area (Å²) >= 11 is 0. The first kappa shape index (κ1) is 20.6. The zero-order valence-corrected chi connectivity index (χ0v) is 16.2. The zero-order chi connectivity index (χ0) is 19.5. The number of benzene rings is 1. The number of aryl methyl sites for hydroxylation is 3. The molecular weight excluding hydrogens is 332 g/mol. The molecule has 2 rings (SSSR count). The molecule has 1 unspecified atom stereocenters. The second-order valence-electron chi connectivity index (χ2n) is 7.44. The van der Waals surface area contributed by atoms with Crippen LogP contribution >= 0.6 is 0 Å². The number of hydrogen-bond acceptors (Lipinski definition) is 5. The number of methoxy groups -OCH3 is 1. The molecule has 1 fully saturated rings. The van der Waals surface area contributed by atoms with Crippen LogP contribution < -0.4 is 0 Å². The van der Waals surface area contributed by atoms with Crippen molar-refractivity contribution >= 4 is 11.8 Å². The Morgan fingerprint density at radius 3 is 2.15 bits per heavy atom. The smallest absolute Gasteiger partial charge is 0.309 e. The SMILES string of the molecule is CCc1cc(C)cc(CC)c1CC(=O)[C@H]1CC(O)(CO)C[C@@H]1C(=O)OC. The highest BCUT2D eigenvalue weighted by atomic mass is 16.5. The third-order valence-electron chi connectivity index (χ3n) is 5.59. The average Bonchev–Trinajstić information content (AvgIpc) is 3.00. The topological polar surface area (TPSA) is 83.8 Å². The predicted octanol–water partition coefficient (Wildman–Crippen LogP) is 2.15. The molecule has 1 saturated carbocycles. The minimum atomic E-state index is -1.40. The Balaban J connectivity index is 2.32. The van der Waals surface area contributed by atoms with Crippen molar-refractivity contribution in [1.82, 2.24) is 0 Å². The fraction of sp³-hybridized carbons (Fsp3) is 0.619. The van der Waals surface area contributed by atoms with Gasteiger partial charge in [0.2, 0.25) is 0 Å². The van der Waals surface area contributed by atoms with Crippen molar-refractivity contribution in [3.8, 4) is 0 Å². The largest absolute Gasteiger partial charge is 0.469 e. The van der Waals surface area contributed by atoms with Crippen molar-refractivity contribution in [2.24, 2.45) is 11.8 Å². The third-order valence-corrected chi connectivity index (χ3v) is 5.59. The normalized spacial score (nSPS) is 25.3. The molecular formula is C21H30O5. The van der Waals surface area contributed by atoms with Crippen molar-refractivity contribution in [3.63, 3.8) is 0 Å². The quantitative estimate of drug-likeness (QED) is 0.726. The number of Topliss-reactive ketones (excluding diaryl/α,β-unsaturated/α-hetero) is 1. The summed E-state index contributed by atoms with van der Waals surface area (Å²) in [7, 11) is 1.28. The van der Waals surface area contributed by atoms with E-state index in [9.17, 15) is 19.8 Å². The van der Waals surface area contributed by atoms with Crippen LogP contribution in [-0.2, 0) is 33.6 Å². The molecule has 0 amide bonds. The first-order chi connectivity index (χ1) is 12.3. The number of ketones is 1. The lowest BCUT2D eigenvalue weighted by Crippen LogP contribution is -2.30. The van der Waals surface area contributed by atoms with Gasteiger partial charge in [-0.3, -0.25) is 9.59 Å². The summed E-state index contributed by atoms with van der Waals surface area (Å²) in [5.41, 5.74) is 3.13. The van der Waals surface area contributed by atoms with Crippen molar-refractivity contribution in [3.05, 3.63) is 34.4 Å². The summed E-state index contributed by atoms with van der Waals surface area (Å²) < 4.78 is 4.82. The van der Waals surface area contributed by atoms with Crippen molar-refractivity contribution < 1.29 is 24.5 Å². The van der Waals surface area contributed by atoms with Gasteiger partial charge in [0, 0.05) is 12.3 Å². The molecule has 144 valence electrons. The van der Waals surface area contributed by atoms with Crippen molar-refractivity contribution in [1.29, 1.82) is 0 Å². The lowest BCUT2D eigenvalue weighted by atomic mass is 9.85. The molecule has 26 heavy (non-hydrogen) atoms. The Kier molecular flexibility index (Phi) is 6.58. The zero-order valence-electron chi connectivity index (χ0n) is 16.2. The Bertz CT molecular complexity index is 656. The van der Waals surface area contributed by atoms with Crippen LogP contribution in [0.25, 0.3) is 0 Å². The number of rotatable bonds is 7. The number of carbonyl (C=O) groups excluding carboxylic acids is 2. The third kappa shape index (κ3) is 4.15. The van der Waals surface area contributed by atoms with Crippen LogP contribution in [0.4, 0.5) is 0 Å². The van der Waals surface area contributed by atoms with Crippen LogP contribution in [0.5, 0.6) is 0 Å². The molecule has 0 spiro atoms. The minimum Gasteiger partial charge on any atom is -0.469 e. The first-order valence-electron chi connectivity index (χ1n) is 9.33. The van der Waals surface area contributed by atoms with Gasteiger partial charge in [0.15, 0.2) is 0 Å². The predicted molar refractivity (Wildman–Crippen MR) is 98.9 cm³/mol. The highest BCUT2D eigenvalue weighted by molar-refractivity contribution is 5.89. The molecule has 0 saturated heterocycles. The maximum atomic E-state index is 13.1. The Morgan fingerprint density at radius 2 is 1.69 bits per heavy atom. The Hall–Kier alpha value is -1.72. The van der Waals surface area contributed by atoms with Gasteiger partial charge in [-0.1, -0.05) is 31.5 Å². The summed E-state index contributed by atoms with van der Waals surface area (Å²) in [5, 5.41) is 19.9. The summed E-state index contributed by atoms with van der Waals surface area (Å²) in [4.78, 5) is 25.2. The van der Waals surface area contributed by atoms with Crippen LogP contribution in [0.2, 0.25) is 0 Å². The van der Waals surface area contributed by atoms with E-state index in [1.165, 1.54) is 12.7 Å². The molecule has 0 heterocycles. The molecule has 0 aromatic heterocycles. The molecule has 2 N–H and O–H groups in total. The summed E-state index contributed by atoms with van der Waals surface area (Å²) in [6.45, 7) is 5.73. The summed E-state index contributed by atoms with van der Waals surface area (Å²) in [5.74, 6) is -1.90. The Morgan fingerprint density at radius 1 is 1.15 bits per heavy atom. The van der Waals surface area contributed by atoms with Gasteiger partial charge in [-0.15, -0.1) is 0 Å². The molecule has 5 nitrogen and oxygen atoms in total. The van der Waals surface area contributed by atoms with Crippen LogP contribution in [0.1, 0.15) is 48.9 Å². The maximum absolute atomic E-state index is 13.1. The molecule has 1 aliphatic carbocycles. The lowest BCUT2D eigenvalue weighted by molar-refractivity contribution is -0.149. The van der Waals surface area contributed by atoms with Gasteiger partial charge < -0.3 is 14.9 Å². The lowest BCUT2D eigenvalue weighted by Gasteiger charge is -2.20. The molecule has 0 radical (unpaired) electrons. The van der Waals surface area contributed by atoms with Crippen molar-refractivity contribution in [2.45, 2.75) is 58.5 Å². The second-order valence-corrected chi connectivity index (χ2v) is 7.44. The van der Waals surface area contributed by atoms with Gasteiger partial charge in [0.05, 0.1) is 25.2 Å². The molecule has 0 aliphatic heterocycles. The molecule has 1 aromatic carbocycles. The second kappa shape index (κ2) is 8.31. The van der Waals surface area contributed by atoms with Gasteiger partial charge in [-0.05, 0) is 49.3 Å². The van der Waals surface area contributed by atoms with Crippen LogP contribution in [0.15, 0.2) is 12.1 Å². The minimum absolute atomic E-state index is 0.0573. The van der Waals surface area contributed by atoms with Gasteiger partial charge in [-0.25, -0.2) is 0 Å². The molecule has 5 heteroatoms. The molecule has 3 atom stereocenters. The average molecular weight is 362 g/mol. The molecule has 0 bridgehead atoms. The van der Waals surface area contributed by atoms with Crippen LogP contribution in [-0.4, -0.2) is 41.3 Å². The number of esters is 1. The first-order valence-corrected chi connectivity index (χ1v) is 9.33. The van der Waals surface area contributed by atoms with E-state index in [0.29, 0.717) is 0 Å². The maximum Gasteiger partial charge on any atom is 0.309 e. The Labute approximate surface area is 155 Å². The van der Waals surface area contributed by atoms with E-state index >= 15 is 0 Å². The molecule has 1 aliphatic rings. The van der Waals surface area contributed by atoms with Gasteiger partial charge in [0.25, 0.3) is 0 Å². The highest BCUT2D eigenvalue weighted by Gasteiger charge is 2.50. The van der Waals surface area contributed by atoms with E-state index in [4.69, 9.17) is 4.74 Å². The van der Waals surface area contributed by atoms with E-state index < -0.39 is 30.0 Å².